The molecule has 122 valence electrons. The van der Waals surface area contributed by atoms with Gasteiger partial charge in [-0.05, 0) is 0 Å². The average molecular weight is 340 g/mol. The van der Waals surface area contributed by atoms with Gasteiger partial charge in [-0.2, -0.15) is 0 Å². The van der Waals surface area contributed by atoms with Gasteiger partial charge >= 0.3 is 5.97 Å². The van der Waals surface area contributed by atoms with Crippen LogP contribution in [0.3, 0.4) is 0 Å². The molecule has 0 spiro atoms. The number of thiazole rings is 1. The smallest absolute Gasteiger partial charge is 0.321 e. The number of hydrogen-bond acceptors (Lipinski definition) is 5. The van der Waals surface area contributed by atoms with Crippen LogP contribution in [0, 0.1) is 0 Å². The molecular weight excluding hydrogens is 324 g/mol. The van der Waals surface area contributed by atoms with Crippen molar-refractivity contribution >= 4 is 17.3 Å². The molecule has 1 aliphatic rings. The molecule has 1 atom stereocenters. The van der Waals surface area contributed by atoms with E-state index < -0.39 is 12.0 Å². The number of imidazole rings is 1. The van der Waals surface area contributed by atoms with Crippen LogP contribution in [0.5, 0.6) is 0 Å². The molecule has 3 heterocycles. The van der Waals surface area contributed by atoms with Gasteiger partial charge in [0.1, 0.15) is 11.0 Å². The first kappa shape index (κ1) is 15.0. The number of carbonyl (C=O) groups is 1. The Hall–Kier alpha value is -2.51. The van der Waals surface area contributed by atoms with Crippen molar-refractivity contribution in [3.8, 4) is 11.3 Å². The standard InChI is InChI=1S/C17H16N4O2S/c22-17(23)15-6-12-13(19-10-18-12)7-21(15)8-16-20-14(9-24-16)11-4-2-1-3-5-11/h1-5,9-10,15H,6-8H2,(H,18,19)(H,22,23)/t15-/m0/s1. The van der Waals surface area contributed by atoms with Crippen molar-refractivity contribution < 1.29 is 9.90 Å². The highest BCUT2D eigenvalue weighted by Gasteiger charge is 2.33. The molecule has 0 radical (unpaired) electrons. The SMILES string of the molecule is O=C(O)[C@@H]1Cc2nc[nH]c2CN1Cc1nc(-c2ccccc2)cs1. The summed E-state index contributed by atoms with van der Waals surface area (Å²) < 4.78 is 0. The van der Waals surface area contributed by atoms with Crippen LogP contribution in [0.25, 0.3) is 11.3 Å². The number of aromatic nitrogens is 3. The Morgan fingerprint density at radius 1 is 1.38 bits per heavy atom. The van der Waals surface area contributed by atoms with Crippen molar-refractivity contribution in [1.29, 1.82) is 0 Å². The van der Waals surface area contributed by atoms with Gasteiger partial charge < -0.3 is 10.1 Å². The lowest BCUT2D eigenvalue weighted by Crippen LogP contribution is -2.45. The summed E-state index contributed by atoms with van der Waals surface area (Å²) in [6.45, 7) is 1.07. The molecule has 24 heavy (non-hydrogen) atoms. The molecule has 4 rings (SSSR count). The van der Waals surface area contributed by atoms with Crippen molar-refractivity contribution in [3.05, 3.63) is 58.4 Å². The molecule has 1 aromatic carbocycles. The number of carboxylic acids is 1. The molecule has 0 bridgehead atoms. The van der Waals surface area contributed by atoms with E-state index in [0.717, 1.165) is 27.7 Å². The number of carboxylic acid groups (broad SMARTS) is 1. The Morgan fingerprint density at radius 3 is 3.00 bits per heavy atom. The molecule has 2 aromatic heterocycles. The lowest BCUT2D eigenvalue weighted by Gasteiger charge is -2.31. The van der Waals surface area contributed by atoms with E-state index in [0.29, 0.717) is 19.5 Å². The second kappa shape index (κ2) is 6.18. The lowest BCUT2D eigenvalue weighted by atomic mass is 10.0. The first-order valence-corrected chi connectivity index (χ1v) is 8.56. The molecule has 3 aromatic rings. The lowest BCUT2D eigenvalue weighted by molar-refractivity contribution is -0.144. The average Bonchev–Trinajstić information content (AvgIpc) is 3.23. The molecule has 0 aliphatic carbocycles. The molecule has 0 unspecified atom stereocenters. The maximum absolute atomic E-state index is 11.6. The zero-order chi connectivity index (χ0) is 16.5. The third-order valence-electron chi connectivity index (χ3n) is 4.24. The summed E-state index contributed by atoms with van der Waals surface area (Å²) in [7, 11) is 0. The van der Waals surface area contributed by atoms with Gasteiger partial charge in [0, 0.05) is 23.9 Å². The monoisotopic (exact) mass is 340 g/mol. The summed E-state index contributed by atoms with van der Waals surface area (Å²) in [5, 5.41) is 12.5. The van der Waals surface area contributed by atoms with Crippen molar-refractivity contribution in [2.24, 2.45) is 0 Å². The highest BCUT2D eigenvalue weighted by molar-refractivity contribution is 7.09. The topological polar surface area (TPSA) is 82.1 Å². The molecule has 0 saturated heterocycles. The van der Waals surface area contributed by atoms with Gasteiger partial charge in [0.25, 0.3) is 0 Å². The highest BCUT2D eigenvalue weighted by Crippen LogP contribution is 2.26. The maximum atomic E-state index is 11.6. The summed E-state index contributed by atoms with van der Waals surface area (Å²) in [6.07, 6.45) is 2.05. The number of benzene rings is 1. The van der Waals surface area contributed by atoms with Crippen LogP contribution in [0.4, 0.5) is 0 Å². The van der Waals surface area contributed by atoms with Crippen LogP contribution >= 0.6 is 11.3 Å². The minimum absolute atomic E-state index is 0.422. The highest BCUT2D eigenvalue weighted by atomic mass is 32.1. The van der Waals surface area contributed by atoms with Crippen molar-refractivity contribution in [1.82, 2.24) is 19.9 Å². The van der Waals surface area contributed by atoms with E-state index in [1.54, 1.807) is 17.7 Å². The summed E-state index contributed by atoms with van der Waals surface area (Å²) in [6, 6.07) is 9.43. The first-order valence-electron chi connectivity index (χ1n) is 7.68. The number of aliphatic carboxylic acids is 1. The van der Waals surface area contributed by atoms with E-state index >= 15 is 0 Å². The number of nitrogens with one attached hydrogen (secondary N) is 1. The Morgan fingerprint density at radius 2 is 2.21 bits per heavy atom. The fourth-order valence-electron chi connectivity index (χ4n) is 3.00. The van der Waals surface area contributed by atoms with Gasteiger partial charge in [0.15, 0.2) is 0 Å². The van der Waals surface area contributed by atoms with E-state index in [9.17, 15) is 9.90 Å². The van der Waals surface area contributed by atoms with Crippen LogP contribution < -0.4 is 0 Å². The summed E-state index contributed by atoms with van der Waals surface area (Å²) in [5.74, 6) is -0.816. The molecule has 0 amide bonds. The van der Waals surface area contributed by atoms with Gasteiger partial charge in [0.05, 0.1) is 30.0 Å². The summed E-state index contributed by atoms with van der Waals surface area (Å²) >= 11 is 1.56. The number of hydrogen-bond donors (Lipinski definition) is 2. The van der Waals surface area contributed by atoms with Crippen molar-refractivity contribution in [3.63, 3.8) is 0 Å². The van der Waals surface area contributed by atoms with Gasteiger partial charge in [-0.25, -0.2) is 9.97 Å². The number of aromatic amines is 1. The van der Waals surface area contributed by atoms with Gasteiger partial charge in [-0.3, -0.25) is 9.69 Å². The molecule has 7 heteroatoms. The van der Waals surface area contributed by atoms with Crippen LogP contribution in [-0.4, -0.2) is 37.0 Å². The Bertz CT molecular complexity index is 858. The predicted molar refractivity (Wildman–Crippen MR) is 90.5 cm³/mol. The van der Waals surface area contributed by atoms with E-state index in [1.165, 1.54) is 0 Å². The van der Waals surface area contributed by atoms with Gasteiger partial charge in [-0.1, -0.05) is 30.3 Å². The van der Waals surface area contributed by atoms with Crippen LogP contribution in [-0.2, 0) is 24.3 Å². The van der Waals surface area contributed by atoms with E-state index in [2.05, 4.69) is 15.0 Å². The molecule has 0 fully saturated rings. The normalized spacial score (nSPS) is 17.6. The summed E-state index contributed by atoms with van der Waals surface area (Å²) in [4.78, 5) is 25.5. The van der Waals surface area contributed by atoms with Crippen molar-refractivity contribution in [2.45, 2.75) is 25.6 Å². The first-order chi connectivity index (χ1) is 11.7. The van der Waals surface area contributed by atoms with Gasteiger partial charge in [0.2, 0.25) is 0 Å². The molecule has 1 aliphatic heterocycles. The number of nitrogens with zero attached hydrogens (tertiary/aromatic N) is 3. The second-order valence-corrected chi connectivity index (χ2v) is 6.73. The minimum Gasteiger partial charge on any atom is -0.480 e. The van der Waals surface area contributed by atoms with Crippen LogP contribution in [0.1, 0.15) is 16.4 Å². The van der Waals surface area contributed by atoms with Crippen molar-refractivity contribution in [2.75, 3.05) is 0 Å². The Kier molecular flexibility index (Phi) is 3.87. The summed E-state index contributed by atoms with van der Waals surface area (Å²) in [5.41, 5.74) is 3.85. The second-order valence-electron chi connectivity index (χ2n) is 5.78. The maximum Gasteiger partial charge on any atom is 0.321 e. The van der Waals surface area contributed by atoms with Gasteiger partial charge in [-0.15, -0.1) is 11.3 Å². The zero-order valence-corrected chi connectivity index (χ0v) is 13.7. The predicted octanol–water partition coefficient (Wildman–Crippen LogP) is 2.54. The number of H-pyrrole nitrogens is 1. The van der Waals surface area contributed by atoms with E-state index in [4.69, 9.17) is 0 Å². The van der Waals surface area contributed by atoms with E-state index in [1.807, 2.05) is 40.6 Å². The van der Waals surface area contributed by atoms with Crippen LogP contribution in [0.2, 0.25) is 0 Å². The number of rotatable bonds is 4. The molecule has 0 saturated carbocycles. The largest absolute Gasteiger partial charge is 0.480 e. The fraction of sp³-hybridized carbons (Fsp3) is 0.235. The zero-order valence-electron chi connectivity index (χ0n) is 12.8. The van der Waals surface area contributed by atoms with Crippen LogP contribution in [0.15, 0.2) is 42.0 Å². The fourth-order valence-corrected chi connectivity index (χ4v) is 3.82. The minimum atomic E-state index is -0.816. The quantitative estimate of drug-likeness (QED) is 0.763. The van der Waals surface area contributed by atoms with E-state index in [-0.39, 0.29) is 0 Å². The third kappa shape index (κ3) is 2.83. The third-order valence-corrected chi connectivity index (χ3v) is 5.07. The molecule has 6 nitrogen and oxygen atoms in total. The number of fused-ring (bicyclic) bond motifs is 1. The molecular formula is C17H16N4O2S. The Balaban J connectivity index is 1.56. The Labute approximate surface area is 142 Å². The molecule has 2 N–H and O–H groups in total.